The van der Waals surface area contributed by atoms with Crippen molar-refractivity contribution in [3.63, 3.8) is 0 Å². The summed E-state index contributed by atoms with van der Waals surface area (Å²) in [6, 6.07) is 54.8. The Hall–Kier alpha value is -5.08. The lowest BCUT2D eigenvalue weighted by Gasteiger charge is -2.27. The van der Waals surface area contributed by atoms with Crippen LogP contribution in [0, 0.1) is 0 Å². The van der Waals surface area contributed by atoms with E-state index in [1.165, 1.54) is 107 Å². The second-order valence-electron chi connectivity index (χ2n) is 14.8. The maximum Gasteiger partial charge on any atom is 0.0462 e. The molecule has 2 heteroatoms. The van der Waals surface area contributed by atoms with E-state index in [0.29, 0.717) is 0 Å². The molecular formula is C52H60N2. The summed E-state index contributed by atoms with van der Waals surface area (Å²) < 4.78 is 0. The molecule has 0 aliphatic rings. The third-order valence-corrected chi connectivity index (χ3v) is 10.6. The largest absolute Gasteiger partial charge is 0.311 e. The number of nitrogens with zero attached hydrogens (tertiary/aromatic N) is 2. The first-order chi connectivity index (χ1) is 26.6. The lowest BCUT2D eigenvalue weighted by Crippen LogP contribution is -2.10. The highest BCUT2D eigenvalue weighted by atomic mass is 15.1. The topological polar surface area (TPSA) is 6.48 Å². The Morgan fingerprint density at radius 2 is 0.444 bits per heavy atom. The molecular weight excluding hydrogens is 653 g/mol. The van der Waals surface area contributed by atoms with Crippen molar-refractivity contribution in [2.24, 2.45) is 0 Å². The van der Waals surface area contributed by atoms with Gasteiger partial charge in [0.1, 0.15) is 0 Å². The van der Waals surface area contributed by atoms with Crippen LogP contribution in [-0.2, 0) is 25.7 Å². The summed E-state index contributed by atoms with van der Waals surface area (Å²) in [6.45, 7) is 9.04. The fourth-order valence-corrected chi connectivity index (χ4v) is 7.27. The minimum absolute atomic E-state index is 1.13. The molecule has 6 aromatic rings. The molecule has 0 spiro atoms. The molecule has 0 fully saturated rings. The van der Waals surface area contributed by atoms with Gasteiger partial charge >= 0.3 is 0 Å². The third kappa shape index (κ3) is 10.1. The van der Waals surface area contributed by atoms with Crippen molar-refractivity contribution in [3.8, 4) is 11.1 Å². The fraction of sp³-hybridized carbons (Fsp3) is 0.308. The third-order valence-electron chi connectivity index (χ3n) is 10.6. The Kier molecular flexibility index (Phi) is 14.2. The fourth-order valence-electron chi connectivity index (χ4n) is 7.27. The standard InChI is InChI=1S/C52H60N2/c1-5-9-13-41-17-29-47(30-18-41)53(48-31-19-42(20-32-48)14-10-6-2)51-37-25-45(26-38-51)46-27-39-52(40-28-46)54(49-33-21-43(22-34-49)15-11-7-3)50-35-23-44(24-36-50)16-12-8-4/h17-40H,5-16H2,1-4H3. The number of aryl methyl sites for hydroxylation is 4. The second kappa shape index (κ2) is 19.8. The van der Waals surface area contributed by atoms with Gasteiger partial charge in [-0.1, -0.05) is 126 Å². The molecule has 0 aliphatic carbocycles. The molecule has 54 heavy (non-hydrogen) atoms. The zero-order chi connectivity index (χ0) is 37.5. The zero-order valence-electron chi connectivity index (χ0n) is 33.2. The van der Waals surface area contributed by atoms with Gasteiger partial charge in [-0.3, -0.25) is 0 Å². The van der Waals surface area contributed by atoms with Gasteiger partial charge in [-0.05, 0) is 158 Å². The molecule has 0 N–H and O–H groups in total. The van der Waals surface area contributed by atoms with Crippen LogP contribution < -0.4 is 9.80 Å². The van der Waals surface area contributed by atoms with Gasteiger partial charge in [0.2, 0.25) is 0 Å². The number of hydrogen-bond donors (Lipinski definition) is 0. The highest BCUT2D eigenvalue weighted by molar-refractivity contribution is 5.81. The molecule has 2 nitrogen and oxygen atoms in total. The Labute approximate surface area is 326 Å². The van der Waals surface area contributed by atoms with E-state index in [-0.39, 0.29) is 0 Å². The molecule has 0 saturated heterocycles. The predicted molar refractivity (Wildman–Crippen MR) is 236 cm³/mol. The molecule has 0 amide bonds. The monoisotopic (exact) mass is 712 g/mol. The Morgan fingerprint density at radius 1 is 0.259 bits per heavy atom. The average molecular weight is 713 g/mol. The molecule has 0 radical (unpaired) electrons. The van der Waals surface area contributed by atoms with Crippen molar-refractivity contribution in [1.82, 2.24) is 0 Å². The number of unbranched alkanes of at least 4 members (excludes halogenated alkanes) is 4. The van der Waals surface area contributed by atoms with Gasteiger partial charge in [0, 0.05) is 34.1 Å². The first kappa shape index (κ1) is 38.6. The van der Waals surface area contributed by atoms with Crippen LogP contribution in [0.4, 0.5) is 34.1 Å². The predicted octanol–water partition coefficient (Wildman–Crippen LogP) is 15.7. The molecule has 0 atom stereocenters. The summed E-state index contributed by atoms with van der Waals surface area (Å²) in [4.78, 5) is 4.78. The highest BCUT2D eigenvalue weighted by Crippen LogP contribution is 2.38. The highest BCUT2D eigenvalue weighted by Gasteiger charge is 2.15. The van der Waals surface area contributed by atoms with Gasteiger partial charge in [-0.2, -0.15) is 0 Å². The van der Waals surface area contributed by atoms with Crippen molar-refractivity contribution in [1.29, 1.82) is 0 Å². The zero-order valence-corrected chi connectivity index (χ0v) is 33.2. The van der Waals surface area contributed by atoms with E-state index in [9.17, 15) is 0 Å². The SMILES string of the molecule is CCCCc1ccc(N(c2ccc(CCCC)cc2)c2ccc(-c3ccc(N(c4ccc(CCCC)cc4)c4ccc(CCCC)cc4)cc3)cc2)cc1. The summed E-state index contributed by atoms with van der Waals surface area (Å²) in [5, 5.41) is 0. The Balaban J connectivity index is 1.27. The van der Waals surface area contributed by atoms with Crippen LogP contribution in [0.15, 0.2) is 146 Å². The van der Waals surface area contributed by atoms with E-state index < -0.39 is 0 Å². The molecule has 0 aliphatic heterocycles. The molecule has 0 aromatic heterocycles. The molecule has 0 heterocycles. The molecule has 278 valence electrons. The maximum atomic E-state index is 2.39. The summed E-state index contributed by atoms with van der Waals surface area (Å²) in [7, 11) is 0. The van der Waals surface area contributed by atoms with Crippen LogP contribution >= 0.6 is 0 Å². The van der Waals surface area contributed by atoms with Gasteiger partial charge in [0.05, 0.1) is 0 Å². The van der Waals surface area contributed by atoms with Gasteiger partial charge in [-0.15, -0.1) is 0 Å². The smallest absolute Gasteiger partial charge is 0.0462 e. The van der Waals surface area contributed by atoms with Crippen LogP contribution in [0.1, 0.15) is 101 Å². The average Bonchev–Trinajstić information content (AvgIpc) is 3.23. The number of anilines is 6. The minimum atomic E-state index is 1.13. The summed E-state index contributed by atoms with van der Waals surface area (Å²) in [5.74, 6) is 0. The number of benzene rings is 6. The minimum Gasteiger partial charge on any atom is -0.311 e. The van der Waals surface area contributed by atoms with E-state index in [1.54, 1.807) is 0 Å². The van der Waals surface area contributed by atoms with E-state index in [2.05, 4.69) is 183 Å². The first-order valence-electron chi connectivity index (χ1n) is 20.8. The lowest BCUT2D eigenvalue weighted by molar-refractivity contribution is 0.795. The quantitative estimate of drug-likeness (QED) is 0.0825. The molecule has 6 aromatic carbocycles. The normalized spacial score (nSPS) is 11.1. The maximum absolute atomic E-state index is 2.39. The van der Waals surface area contributed by atoms with Crippen molar-refractivity contribution >= 4 is 34.1 Å². The van der Waals surface area contributed by atoms with Crippen LogP contribution in [0.25, 0.3) is 11.1 Å². The molecule has 0 bridgehead atoms. The molecule has 0 saturated carbocycles. The lowest BCUT2D eigenvalue weighted by atomic mass is 10.0. The van der Waals surface area contributed by atoms with Crippen molar-refractivity contribution in [3.05, 3.63) is 168 Å². The Bertz CT molecular complexity index is 1700. The van der Waals surface area contributed by atoms with E-state index in [0.717, 1.165) is 37.1 Å². The van der Waals surface area contributed by atoms with Gasteiger partial charge < -0.3 is 9.80 Å². The molecule has 6 rings (SSSR count). The Morgan fingerprint density at radius 3 is 0.630 bits per heavy atom. The van der Waals surface area contributed by atoms with Crippen molar-refractivity contribution in [2.75, 3.05) is 9.80 Å². The number of hydrogen-bond acceptors (Lipinski definition) is 2. The van der Waals surface area contributed by atoms with Crippen LogP contribution in [0.3, 0.4) is 0 Å². The van der Waals surface area contributed by atoms with E-state index in [1.807, 2.05) is 0 Å². The molecule has 0 unspecified atom stereocenters. The van der Waals surface area contributed by atoms with Crippen LogP contribution in [0.5, 0.6) is 0 Å². The second-order valence-corrected chi connectivity index (χ2v) is 14.8. The summed E-state index contributed by atoms with van der Waals surface area (Å²) in [6.07, 6.45) is 14.3. The van der Waals surface area contributed by atoms with Crippen molar-refractivity contribution in [2.45, 2.75) is 105 Å². The van der Waals surface area contributed by atoms with E-state index in [4.69, 9.17) is 0 Å². The van der Waals surface area contributed by atoms with Gasteiger partial charge in [0.25, 0.3) is 0 Å². The van der Waals surface area contributed by atoms with Crippen molar-refractivity contribution < 1.29 is 0 Å². The number of rotatable bonds is 19. The van der Waals surface area contributed by atoms with E-state index >= 15 is 0 Å². The first-order valence-corrected chi connectivity index (χ1v) is 20.8. The van der Waals surface area contributed by atoms with Gasteiger partial charge in [0.15, 0.2) is 0 Å². The summed E-state index contributed by atoms with van der Waals surface area (Å²) >= 11 is 0. The van der Waals surface area contributed by atoms with Gasteiger partial charge in [-0.25, -0.2) is 0 Å². The van der Waals surface area contributed by atoms with Crippen LogP contribution in [-0.4, -0.2) is 0 Å². The van der Waals surface area contributed by atoms with Crippen LogP contribution in [0.2, 0.25) is 0 Å². The summed E-state index contributed by atoms with van der Waals surface area (Å²) in [5.41, 5.74) is 15.1.